The molecule has 2 saturated heterocycles. The predicted octanol–water partition coefficient (Wildman–Crippen LogP) is 4.20. The van der Waals surface area contributed by atoms with E-state index in [4.69, 9.17) is 14.6 Å². The van der Waals surface area contributed by atoms with Gasteiger partial charge in [0.1, 0.15) is 11.6 Å². The lowest BCUT2D eigenvalue weighted by Crippen LogP contribution is -2.61. The van der Waals surface area contributed by atoms with Crippen LogP contribution in [0.4, 0.5) is 8.78 Å². The van der Waals surface area contributed by atoms with E-state index >= 15 is 0 Å². The minimum absolute atomic E-state index is 0.0753. The fourth-order valence-corrected chi connectivity index (χ4v) is 5.97. The number of amides is 1. The number of carboxylic acids is 1. The highest BCUT2D eigenvalue weighted by atomic mass is 19.1. The van der Waals surface area contributed by atoms with Gasteiger partial charge >= 0.3 is 0 Å². The second-order valence-electron chi connectivity index (χ2n) is 11.1. The van der Waals surface area contributed by atoms with Crippen molar-refractivity contribution < 1.29 is 28.2 Å². The predicted molar refractivity (Wildman–Crippen MR) is 150 cm³/mol. The molecule has 2 aromatic carbocycles. The molecule has 2 aliphatic heterocycles. The van der Waals surface area contributed by atoms with Gasteiger partial charge in [0.05, 0.1) is 13.2 Å². The van der Waals surface area contributed by atoms with Crippen molar-refractivity contribution in [3.05, 3.63) is 70.3 Å². The normalized spacial score (nSPS) is 18.6. The number of likely N-dealkylation sites (tertiary alicyclic amines) is 1. The highest BCUT2D eigenvalue weighted by molar-refractivity contribution is 5.96. The van der Waals surface area contributed by atoms with Gasteiger partial charge < -0.3 is 19.6 Å². The highest BCUT2D eigenvalue weighted by Crippen LogP contribution is 2.29. The van der Waals surface area contributed by atoms with E-state index in [0.717, 1.165) is 102 Å². The molecule has 0 saturated carbocycles. The number of fused-ring (bicyclic) bond motifs is 1. The molecule has 1 aliphatic carbocycles. The molecule has 9 heteroatoms. The molecule has 1 atom stereocenters. The number of carbonyl (C=O) groups is 2. The van der Waals surface area contributed by atoms with Crippen molar-refractivity contribution >= 4 is 11.9 Å². The van der Waals surface area contributed by atoms with Crippen LogP contribution in [0.25, 0.3) is 0 Å². The molecule has 40 heavy (non-hydrogen) atoms. The zero-order valence-corrected chi connectivity index (χ0v) is 23.6. The number of aliphatic carboxylic acids is 1. The van der Waals surface area contributed by atoms with Crippen molar-refractivity contribution in [3.63, 3.8) is 0 Å². The summed E-state index contributed by atoms with van der Waals surface area (Å²) >= 11 is 0. The Balaban J connectivity index is 0.000000867. The lowest BCUT2D eigenvalue weighted by molar-refractivity contribution is -0.134. The Morgan fingerprint density at radius 2 is 1.70 bits per heavy atom. The van der Waals surface area contributed by atoms with Crippen LogP contribution in [-0.4, -0.2) is 97.3 Å². The van der Waals surface area contributed by atoms with Crippen molar-refractivity contribution in [2.45, 2.75) is 51.0 Å². The summed E-state index contributed by atoms with van der Waals surface area (Å²) in [5, 5.41) is 7.42. The Morgan fingerprint density at radius 3 is 2.38 bits per heavy atom. The van der Waals surface area contributed by atoms with Gasteiger partial charge in [0.2, 0.25) is 0 Å². The molecule has 7 nitrogen and oxygen atoms in total. The zero-order chi connectivity index (χ0) is 28.6. The molecule has 0 aromatic heterocycles. The van der Waals surface area contributed by atoms with E-state index in [1.807, 2.05) is 12.1 Å². The quantitative estimate of drug-likeness (QED) is 0.525. The Labute approximate surface area is 235 Å². The van der Waals surface area contributed by atoms with Crippen molar-refractivity contribution in [3.8, 4) is 0 Å². The number of benzene rings is 2. The van der Waals surface area contributed by atoms with E-state index in [-0.39, 0.29) is 23.5 Å². The van der Waals surface area contributed by atoms with Gasteiger partial charge in [-0.2, -0.15) is 0 Å². The van der Waals surface area contributed by atoms with Gasteiger partial charge in [-0.3, -0.25) is 14.5 Å². The first-order valence-electron chi connectivity index (χ1n) is 14.3. The third-order valence-electron chi connectivity index (χ3n) is 8.14. The average Bonchev–Trinajstić information content (AvgIpc) is 2.91. The number of nitrogens with zero attached hydrogens (tertiary/aromatic N) is 3. The van der Waals surface area contributed by atoms with Crippen LogP contribution in [0.3, 0.4) is 0 Å². The summed E-state index contributed by atoms with van der Waals surface area (Å²) in [6, 6.07) is 10.2. The molecule has 0 bridgehead atoms. The first kappa shape index (κ1) is 30.1. The number of ether oxygens (including phenoxy) is 1. The third-order valence-corrected chi connectivity index (χ3v) is 8.14. The summed E-state index contributed by atoms with van der Waals surface area (Å²) in [5.74, 6) is -1.48. The van der Waals surface area contributed by atoms with Crippen LogP contribution in [0, 0.1) is 11.6 Å². The number of carbonyl (C=O) groups excluding carboxylic acids is 1. The van der Waals surface area contributed by atoms with Gasteiger partial charge in [0.15, 0.2) is 0 Å². The van der Waals surface area contributed by atoms with Crippen molar-refractivity contribution in [1.82, 2.24) is 14.7 Å². The number of likely N-dealkylation sites (N-methyl/N-ethyl adjacent to an activating group) is 1. The average molecular weight is 558 g/mol. The Hall–Kier alpha value is -2.88. The molecule has 218 valence electrons. The van der Waals surface area contributed by atoms with E-state index in [9.17, 15) is 13.6 Å². The Kier molecular flexibility index (Phi) is 10.6. The van der Waals surface area contributed by atoms with E-state index in [1.165, 1.54) is 18.2 Å². The number of hydrogen-bond acceptors (Lipinski definition) is 5. The fraction of sp³-hybridized carbons (Fsp3) is 0.548. The van der Waals surface area contributed by atoms with Crippen molar-refractivity contribution in [2.24, 2.45) is 0 Å². The van der Waals surface area contributed by atoms with E-state index in [1.54, 1.807) is 18.0 Å². The topological polar surface area (TPSA) is 73.3 Å². The number of hydrogen-bond donors (Lipinski definition) is 1. The summed E-state index contributed by atoms with van der Waals surface area (Å²) in [6.45, 7) is 8.29. The molecule has 0 radical (unpaired) electrons. The van der Waals surface area contributed by atoms with Crippen LogP contribution in [0.15, 0.2) is 36.4 Å². The van der Waals surface area contributed by atoms with Crippen LogP contribution in [0.2, 0.25) is 0 Å². The summed E-state index contributed by atoms with van der Waals surface area (Å²) in [7, 11) is 1.80. The number of rotatable bonds is 8. The van der Waals surface area contributed by atoms with Gasteiger partial charge in [0, 0.05) is 64.2 Å². The standard InChI is InChI=1S/C29H37F2N3O2.C2H4O2/c1-32(29(35)28-17-25(31)16-22-4-2-3-5-27(22)28)18-23(21-6-8-24(30)9-7-21)10-11-33-19-26(20-33)34-12-14-36-15-13-34;1-2(3)4/h6-9,16-17,23,26H,2-5,10-15,18-20H2,1H3;1H3,(H,3,4)/t23-;/m1./s1. The molecule has 1 N–H and O–H groups in total. The second-order valence-corrected chi connectivity index (χ2v) is 11.1. The lowest BCUT2D eigenvalue weighted by atomic mass is 9.87. The Morgan fingerprint density at radius 1 is 1.05 bits per heavy atom. The minimum Gasteiger partial charge on any atom is -0.481 e. The van der Waals surface area contributed by atoms with Gasteiger partial charge in [-0.15, -0.1) is 0 Å². The van der Waals surface area contributed by atoms with Crippen LogP contribution < -0.4 is 0 Å². The summed E-state index contributed by atoms with van der Waals surface area (Å²) in [4.78, 5) is 29.2. The minimum atomic E-state index is -0.833. The van der Waals surface area contributed by atoms with Crippen LogP contribution in [-0.2, 0) is 22.4 Å². The molecule has 0 spiro atoms. The van der Waals surface area contributed by atoms with Gasteiger partial charge in [0.25, 0.3) is 11.9 Å². The summed E-state index contributed by atoms with van der Waals surface area (Å²) < 4.78 is 33.5. The highest BCUT2D eigenvalue weighted by Gasteiger charge is 2.33. The van der Waals surface area contributed by atoms with E-state index in [0.29, 0.717) is 18.2 Å². The number of morpholine rings is 1. The lowest BCUT2D eigenvalue weighted by Gasteiger charge is -2.47. The smallest absolute Gasteiger partial charge is 0.300 e. The molecule has 5 rings (SSSR count). The van der Waals surface area contributed by atoms with Gasteiger partial charge in [-0.25, -0.2) is 8.78 Å². The van der Waals surface area contributed by atoms with E-state index in [2.05, 4.69) is 9.80 Å². The molecule has 1 amide bonds. The SMILES string of the molecule is CC(=O)O.CN(C[C@@H](CCN1CC(N2CCOCC2)C1)c1ccc(F)cc1)C(=O)c1cc(F)cc2c1CCCC2. The van der Waals surface area contributed by atoms with Crippen LogP contribution in [0.1, 0.15) is 59.2 Å². The van der Waals surface area contributed by atoms with E-state index < -0.39 is 5.97 Å². The number of halogens is 2. The number of carboxylic acid groups (broad SMARTS) is 1. The monoisotopic (exact) mass is 557 g/mol. The number of aryl methyl sites for hydroxylation is 1. The van der Waals surface area contributed by atoms with Crippen LogP contribution in [0.5, 0.6) is 0 Å². The van der Waals surface area contributed by atoms with Gasteiger partial charge in [-0.1, -0.05) is 12.1 Å². The van der Waals surface area contributed by atoms with Crippen molar-refractivity contribution in [2.75, 3.05) is 59.5 Å². The van der Waals surface area contributed by atoms with Gasteiger partial charge in [-0.05, 0) is 79.6 Å². The maximum Gasteiger partial charge on any atom is 0.300 e. The molecular formula is C31H41F2N3O4. The second kappa shape index (κ2) is 14.1. The first-order chi connectivity index (χ1) is 19.2. The molecule has 2 aromatic rings. The Bertz CT molecular complexity index is 1140. The van der Waals surface area contributed by atoms with Crippen LogP contribution >= 0.6 is 0 Å². The fourth-order valence-electron chi connectivity index (χ4n) is 5.97. The first-order valence-corrected chi connectivity index (χ1v) is 14.3. The largest absolute Gasteiger partial charge is 0.481 e. The summed E-state index contributed by atoms with van der Waals surface area (Å²) in [6.07, 6.45) is 4.60. The maximum atomic E-state index is 14.3. The molecule has 0 unspecified atom stereocenters. The molecular weight excluding hydrogens is 516 g/mol. The zero-order valence-electron chi connectivity index (χ0n) is 23.6. The summed E-state index contributed by atoms with van der Waals surface area (Å²) in [5.41, 5.74) is 3.51. The molecule has 2 heterocycles. The molecule has 3 aliphatic rings. The maximum absolute atomic E-state index is 14.3. The third kappa shape index (κ3) is 8.08. The van der Waals surface area contributed by atoms with Crippen molar-refractivity contribution in [1.29, 1.82) is 0 Å². The molecule has 2 fully saturated rings.